The molecule has 2 heterocycles. The van der Waals surface area contributed by atoms with Crippen molar-refractivity contribution in [2.75, 3.05) is 26.3 Å². The highest BCUT2D eigenvalue weighted by molar-refractivity contribution is 8.00. The molecule has 2 aromatic rings. The molecule has 1 aromatic carbocycles. The van der Waals surface area contributed by atoms with E-state index in [0.29, 0.717) is 26.3 Å². The molecule has 1 aliphatic rings. The van der Waals surface area contributed by atoms with Gasteiger partial charge < -0.3 is 14.6 Å². The van der Waals surface area contributed by atoms with Crippen LogP contribution in [-0.4, -0.2) is 52.3 Å². The first kappa shape index (κ1) is 17.0. The van der Waals surface area contributed by atoms with Crippen LogP contribution in [0.15, 0.2) is 41.7 Å². The Labute approximate surface area is 146 Å². The van der Waals surface area contributed by atoms with Crippen molar-refractivity contribution in [1.82, 2.24) is 14.9 Å². The van der Waals surface area contributed by atoms with E-state index in [4.69, 9.17) is 4.74 Å². The Kier molecular flexibility index (Phi) is 5.58. The fraction of sp³-hybridized carbons (Fsp3) is 0.444. The molecule has 1 N–H and O–H groups in total. The van der Waals surface area contributed by atoms with Crippen LogP contribution in [0.2, 0.25) is 0 Å². The van der Waals surface area contributed by atoms with E-state index in [-0.39, 0.29) is 17.1 Å². The van der Waals surface area contributed by atoms with Crippen molar-refractivity contribution < 1.29 is 9.53 Å². The molecular formula is C18H23N3O2S. The summed E-state index contributed by atoms with van der Waals surface area (Å²) in [6.07, 6.45) is 1.83. The summed E-state index contributed by atoms with van der Waals surface area (Å²) in [6, 6.07) is 10.1. The Morgan fingerprint density at radius 1 is 1.25 bits per heavy atom. The van der Waals surface area contributed by atoms with Crippen molar-refractivity contribution in [2.24, 2.45) is 5.92 Å². The van der Waals surface area contributed by atoms with Crippen molar-refractivity contribution in [3.05, 3.63) is 36.5 Å². The quantitative estimate of drug-likeness (QED) is 0.846. The molecule has 1 aliphatic heterocycles. The van der Waals surface area contributed by atoms with Gasteiger partial charge in [0.15, 0.2) is 5.16 Å². The van der Waals surface area contributed by atoms with E-state index in [1.807, 2.05) is 41.4 Å². The number of carbonyl (C=O) groups excluding carboxylic acids is 1. The summed E-state index contributed by atoms with van der Waals surface area (Å²) in [6.45, 7) is 6.76. The number of morpholine rings is 1. The van der Waals surface area contributed by atoms with Crippen molar-refractivity contribution in [1.29, 1.82) is 0 Å². The molecule has 1 amide bonds. The minimum absolute atomic E-state index is 0.141. The maximum absolute atomic E-state index is 12.8. The van der Waals surface area contributed by atoms with Crippen molar-refractivity contribution in [3.8, 4) is 11.3 Å². The van der Waals surface area contributed by atoms with Gasteiger partial charge in [-0.05, 0) is 11.5 Å². The maximum Gasteiger partial charge on any atom is 0.236 e. The average molecular weight is 345 g/mol. The number of aromatic amines is 1. The minimum atomic E-state index is -0.141. The molecule has 1 saturated heterocycles. The first-order chi connectivity index (χ1) is 11.6. The molecule has 0 saturated carbocycles. The van der Waals surface area contributed by atoms with E-state index in [0.717, 1.165) is 16.4 Å². The van der Waals surface area contributed by atoms with Crippen LogP contribution in [-0.2, 0) is 9.53 Å². The van der Waals surface area contributed by atoms with Gasteiger partial charge in [0.25, 0.3) is 0 Å². The zero-order valence-corrected chi connectivity index (χ0v) is 14.9. The molecule has 1 aromatic heterocycles. The molecule has 0 spiro atoms. The Morgan fingerprint density at radius 2 is 1.96 bits per heavy atom. The zero-order valence-electron chi connectivity index (χ0n) is 14.1. The maximum atomic E-state index is 12.8. The highest BCUT2D eigenvalue weighted by Crippen LogP contribution is 2.29. The molecule has 24 heavy (non-hydrogen) atoms. The number of hydrogen-bond acceptors (Lipinski definition) is 4. The van der Waals surface area contributed by atoms with Gasteiger partial charge in [-0.3, -0.25) is 4.79 Å². The Hall–Kier alpha value is -1.79. The summed E-state index contributed by atoms with van der Waals surface area (Å²) in [7, 11) is 0. The number of amides is 1. The summed E-state index contributed by atoms with van der Waals surface area (Å²) >= 11 is 1.52. The molecule has 0 bridgehead atoms. The largest absolute Gasteiger partial charge is 0.378 e. The van der Waals surface area contributed by atoms with Crippen LogP contribution in [0.25, 0.3) is 11.3 Å². The van der Waals surface area contributed by atoms with E-state index >= 15 is 0 Å². The van der Waals surface area contributed by atoms with Crippen LogP contribution in [0, 0.1) is 5.92 Å². The highest BCUT2D eigenvalue weighted by atomic mass is 32.2. The number of hydrogen-bond donors (Lipinski definition) is 1. The lowest BCUT2D eigenvalue weighted by Crippen LogP contribution is -2.46. The average Bonchev–Trinajstić information content (AvgIpc) is 3.09. The molecular weight excluding hydrogens is 322 g/mol. The molecule has 5 nitrogen and oxygen atoms in total. The Bertz CT molecular complexity index is 666. The second-order valence-corrected chi connectivity index (χ2v) is 7.32. The van der Waals surface area contributed by atoms with E-state index in [2.05, 4.69) is 23.8 Å². The van der Waals surface area contributed by atoms with Gasteiger partial charge in [0.1, 0.15) is 0 Å². The van der Waals surface area contributed by atoms with E-state index < -0.39 is 0 Å². The summed E-state index contributed by atoms with van der Waals surface area (Å²) in [5.74, 6) is 0.409. The Balaban J connectivity index is 1.72. The lowest BCUT2D eigenvalue weighted by Gasteiger charge is -2.31. The third kappa shape index (κ3) is 3.99. The number of nitrogens with zero attached hydrogens (tertiary/aromatic N) is 2. The van der Waals surface area contributed by atoms with Crippen molar-refractivity contribution in [2.45, 2.75) is 24.3 Å². The molecule has 0 radical (unpaired) electrons. The van der Waals surface area contributed by atoms with Crippen LogP contribution >= 0.6 is 11.8 Å². The Morgan fingerprint density at radius 3 is 2.62 bits per heavy atom. The van der Waals surface area contributed by atoms with Crippen LogP contribution < -0.4 is 0 Å². The van der Waals surface area contributed by atoms with Crippen LogP contribution in [0.1, 0.15) is 13.8 Å². The van der Waals surface area contributed by atoms with E-state index in [9.17, 15) is 4.79 Å². The zero-order chi connectivity index (χ0) is 16.9. The van der Waals surface area contributed by atoms with Crippen molar-refractivity contribution in [3.63, 3.8) is 0 Å². The van der Waals surface area contributed by atoms with Crippen molar-refractivity contribution >= 4 is 17.7 Å². The van der Waals surface area contributed by atoms with Gasteiger partial charge in [-0.15, -0.1) is 0 Å². The number of thioether (sulfide) groups is 1. The minimum Gasteiger partial charge on any atom is -0.378 e. The van der Waals surface area contributed by atoms with Gasteiger partial charge in [0, 0.05) is 13.1 Å². The number of carbonyl (C=O) groups is 1. The predicted octanol–water partition coefficient (Wildman–Crippen LogP) is 3.05. The highest BCUT2D eigenvalue weighted by Gasteiger charge is 2.30. The van der Waals surface area contributed by atoms with Gasteiger partial charge in [0.2, 0.25) is 5.91 Å². The third-order valence-electron chi connectivity index (χ3n) is 4.05. The van der Waals surface area contributed by atoms with Gasteiger partial charge >= 0.3 is 0 Å². The van der Waals surface area contributed by atoms with Gasteiger partial charge in [-0.25, -0.2) is 4.98 Å². The fourth-order valence-electron chi connectivity index (χ4n) is 2.68. The second kappa shape index (κ2) is 7.85. The lowest BCUT2D eigenvalue weighted by atomic mass is 10.1. The second-order valence-electron chi connectivity index (χ2n) is 6.19. The summed E-state index contributed by atoms with van der Waals surface area (Å²) < 4.78 is 5.34. The molecule has 128 valence electrons. The smallest absolute Gasteiger partial charge is 0.236 e. The standard InChI is InChI=1S/C18H23N3O2S/c1-13(2)16(17(22)21-8-10-23-11-9-21)24-18-19-12-15(20-18)14-6-4-3-5-7-14/h3-7,12-13,16H,8-11H2,1-2H3,(H,19,20)/t16-/m1/s1. The number of H-pyrrole nitrogens is 1. The first-order valence-corrected chi connectivity index (χ1v) is 9.16. The van der Waals surface area contributed by atoms with Crippen LogP contribution in [0.5, 0.6) is 0 Å². The summed E-state index contributed by atoms with van der Waals surface area (Å²) in [5, 5.41) is 0.645. The number of nitrogens with one attached hydrogen (secondary N) is 1. The molecule has 3 rings (SSSR count). The normalized spacial score (nSPS) is 16.4. The molecule has 0 aliphatic carbocycles. The number of aromatic nitrogens is 2. The predicted molar refractivity (Wildman–Crippen MR) is 95.9 cm³/mol. The number of imidazole rings is 1. The molecule has 1 atom stereocenters. The van der Waals surface area contributed by atoms with E-state index in [1.54, 1.807) is 0 Å². The van der Waals surface area contributed by atoms with Crippen LogP contribution in [0.3, 0.4) is 0 Å². The van der Waals surface area contributed by atoms with E-state index in [1.165, 1.54) is 11.8 Å². The topological polar surface area (TPSA) is 58.2 Å². The molecule has 0 unspecified atom stereocenters. The lowest BCUT2D eigenvalue weighted by molar-refractivity contribution is -0.135. The molecule has 1 fully saturated rings. The third-order valence-corrected chi connectivity index (χ3v) is 5.48. The van der Waals surface area contributed by atoms with Gasteiger partial charge in [0.05, 0.1) is 30.4 Å². The SMILES string of the molecule is CC(C)[C@@H](Sc1ncc(-c2ccccc2)[nH]1)C(=O)N1CCOCC1. The monoisotopic (exact) mass is 345 g/mol. The first-order valence-electron chi connectivity index (χ1n) is 8.29. The fourth-order valence-corrected chi connectivity index (χ4v) is 3.73. The van der Waals surface area contributed by atoms with Crippen LogP contribution in [0.4, 0.5) is 0 Å². The van der Waals surface area contributed by atoms with Gasteiger partial charge in [-0.1, -0.05) is 55.9 Å². The molecule has 6 heteroatoms. The van der Waals surface area contributed by atoms with Gasteiger partial charge in [-0.2, -0.15) is 0 Å². The summed E-state index contributed by atoms with van der Waals surface area (Å²) in [5.41, 5.74) is 2.07. The summed E-state index contributed by atoms with van der Waals surface area (Å²) in [4.78, 5) is 22.5. The number of benzene rings is 1. The number of rotatable bonds is 5. The number of ether oxygens (including phenoxy) is 1.